The average Bonchev–Trinajstić information content (AvgIpc) is 3.09. The number of rotatable bonds is 2. The van der Waals surface area contributed by atoms with Crippen LogP contribution in [-0.4, -0.2) is 15.1 Å². The van der Waals surface area contributed by atoms with E-state index in [1.54, 1.807) is 18.3 Å². The first-order valence-electron chi connectivity index (χ1n) is 5.86. The molecule has 1 aromatic carbocycles. The highest BCUT2D eigenvalue weighted by atomic mass is 19.1. The zero-order valence-corrected chi connectivity index (χ0v) is 10.5. The van der Waals surface area contributed by atoms with Gasteiger partial charge in [0.2, 0.25) is 5.82 Å². The molecule has 2 aromatic heterocycles. The van der Waals surface area contributed by atoms with Gasteiger partial charge in [-0.3, -0.25) is 0 Å². The van der Waals surface area contributed by atoms with Crippen LogP contribution in [0.15, 0.2) is 35.0 Å². The molecule has 0 bridgehead atoms. The number of aromatic amines is 1. The van der Waals surface area contributed by atoms with Gasteiger partial charge in [0.15, 0.2) is 0 Å². The Bertz CT molecular complexity index is 813. The normalized spacial score (nSPS) is 10.4. The standard InChI is InChI=1S/C14H9FN4O/c1-8-2-3-10(15)5-12(8)13-18-14(20-19-13)9-4-11(6-16)17-7-9/h2-5,7,17H,1H3. The highest BCUT2D eigenvalue weighted by molar-refractivity contribution is 5.63. The summed E-state index contributed by atoms with van der Waals surface area (Å²) >= 11 is 0. The lowest BCUT2D eigenvalue weighted by molar-refractivity contribution is 0.432. The van der Waals surface area contributed by atoms with Gasteiger partial charge in [-0.15, -0.1) is 0 Å². The predicted molar refractivity (Wildman–Crippen MR) is 68.9 cm³/mol. The highest BCUT2D eigenvalue weighted by Gasteiger charge is 2.14. The van der Waals surface area contributed by atoms with Crippen molar-refractivity contribution in [1.82, 2.24) is 15.1 Å². The number of H-pyrrole nitrogens is 1. The number of halogens is 1. The number of nitriles is 1. The molecule has 3 aromatic rings. The van der Waals surface area contributed by atoms with E-state index in [9.17, 15) is 4.39 Å². The minimum atomic E-state index is -0.356. The van der Waals surface area contributed by atoms with Crippen molar-refractivity contribution in [1.29, 1.82) is 5.26 Å². The number of nitrogens with zero attached hydrogens (tertiary/aromatic N) is 3. The Morgan fingerprint density at radius 2 is 2.20 bits per heavy atom. The van der Waals surface area contributed by atoms with Crippen molar-refractivity contribution in [3.63, 3.8) is 0 Å². The molecular formula is C14H9FN4O. The van der Waals surface area contributed by atoms with E-state index in [4.69, 9.17) is 9.78 Å². The molecule has 0 aliphatic carbocycles. The Morgan fingerprint density at radius 3 is 2.95 bits per heavy atom. The van der Waals surface area contributed by atoms with Crippen LogP contribution < -0.4 is 0 Å². The Balaban J connectivity index is 2.02. The maximum Gasteiger partial charge on any atom is 0.259 e. The van der Waals surface area contributed by atoms with Gasteiger partial charge in [-0.2, -0.15) is 10.2 Å². The fraction of sp³-hybridized carbons (Fsp3) is 0.0714. The molecule has 3 rings (SSSR count). The molecule has 0 unspecified atom stereocenters. The average molecular weight is 268 g/mol. The molecule has 2 heterocycles. The predicted octanol–water partition coefficient (Wildman–Crippen LogP) is 3.05. The number of benzene rings is 1. The lowest BCUT2D eigenvalue weighted by Gasteiger charge is -1.99. The Labute approximate surface area is 113 Å². The molecule has 0 aliphatic heterocycles. The molecule has 0 atom stereocenters. The van der Waals surface area contributed by atoms with Crippen molar-refractivity contribution >= 4 is 0 Å². The molecule has 0 amide bonds. The van der Waals surface area contributed by atoms with E-state index in [-0.39, 0.29) is 11.7 Å². The summed E-state index contributed by atoms with van der Waals surface area (Å²) in [5, 5.41) is 12.6. The SMILES string of the molecule is Cc1ccc(F)cc1-c1noc(-c2c[nH]c(C#N)c2)n1. The van der Waals surface area contributed by atoms with Crippen molar-refractivity contribution in [3.8, 4) is 28.9 Å². The lowest BCUT2D eigenvalue weighted by Crippen LogP contribution is -1.87. The lowest BCUT2D eigenvalue weighted by atomic mass is 10.1. The molecule has 98 valence electrons. The van der Waals surface area contributed by atoms with Gasteiger partial charge in [0.1, 0.15) is 17.6 Å². The fourth-order valence-electron chi connectivity index (χ4n) is 1.87. The van der Waals surface area contributed by atoms with Gasteiger partial charge < -0.3 is 9.51 Å². The maximum absolute atomic E-state index is 13.3. The maximum atomic E-state index is 13.3. The molecule has 20 heavy (non-hydrogen) atoms. The van der Waals surface area contributed by atoms with E-state index in [0.29, 0.717) is 22.6 Å². The Morgan fingerprint density at radius 1 is 1.35 bits per heavy atom. The van der Waals surface area contributed by atoms with Gasteiger partial charge in [-0.1, -0.05) is 11.2 Å². The third-order valence-corrected chi connectivity index (χ3v) is 2.92. The molecule has 0 radical (unpaired) electrons. The van der Waals surface area contributed by atoms with Gasteiger partial charge in [-0.25, -0.2) is 4.39 Å². The molecule has 0 fully saturated rings. The molecular weight excluding hydrogens is 259 g/mol. The van der Waals surface area contributed by atoms with Crippen LogP contribution in [0.25, 0.3) is 22.8 Å². The van der Waals surface area contributed by atoms with Gasteiger partial charge in [0.05, 0.1) is 5.56 Å². The van der Waals surface area contributed by atoms with Crippen molar-refractivity contribution < 1.29 is 8.91 Å². The second-order valence-corrected chi connectivity index (χ2v) is 4.30. The van der Waals surface area contributed by atoms with Crippen molar-refractivity contribution in [2.45, 2.75) is 6.92 Å². The van der Waals surface area contributed by atoms with Crippen LogP contribution in [0.1, 0.15) is 11.3 Å². The Hall–Kier alpha value is -2.94. The minimum absolute atomic E-state index is 0.279. The summed E-state index contributed by atoms with van der Waals surface area (Å²) in [5.74, 6) is 0.239. The van der Waals surface area contributed by atoms with E-state index in [2.05, 4.69) is 15.1 Å². The second-order valence-electron chi connectivity index (χ2n) is 4.30. The van der Waals surface area contributed by atoms with E-state index < -0.39 is 0 Å². The van der Waals surface area contributed by atoms with Crippen LogP contribution in [0.3, 0.4) is 0 Å². The number of hydrogen-bond donors (Lipinski definition) is 1. The monoisotopic (exact) mass is 268 g/mol. The second kappa shape index (κ2) is 4.63. The van der Waals surface area contributed by atoms with Crippen LogP contribution in [0.2, 0.25) is 0 Å². The summed E-state index contributed by atoms with van der Waals surface area (Å²) < 4.78 is 18.4. The third-order valence-electron chi connectivity index (χ3n) is 2.92. The van der Waals surface area contributed by atoms with Gasteiger partial charge in [0, 0.05) is 11.8 Å². The molecule has 6 heteroatoms. The molecule has 0 aliphatic rings. The molecule has 0 saturated heterocycles. The van der Waals surface area contributed by atoms with E-state index >= 15 is 0 Å². The van der Waals surface area contributed by atoms with Gasteiger partial charge in [0.25, 0.3) is 5.89 Å². The number of aromatic nitrogens is 3. The van der Waals surface area contributed by atoms with Crippen molar-refractivity contribution in [2.24, 2.45) is 0 Å². The van der Waals surface area contributed by atoms with Crippen LogP contribution >= 0.6 is 0 Å². The van der Waals surface area contributed by atoms with Crippen LogP contribution in [0.4, 0.5) is 4.39 Å². The molecule has 5 nitrogen and oxygen atoms in total. The molecule has 1 N–H and O–H groups in total. The van der Waals surface area contributed by atoms with Crippen LogP contribution in [0, 0.1) is 24.1 Å². The fourth-order valence-corrected chi connectivity index (χ4v) is 1.87. The largest absolute Gasteiger partial charge is 0.352 e. The van der Waals surface area contributed by atoms with Crippen LogP contribution in [0.5, 0.6) is 0 Å². The van der Waals surface area contributed by atoms with Crippen LogP contribution in [-0.2, 0) is 0 Å². The van der Waals surface area contributed by atoms with Crippen molar-refractivity contribution in [3.05, 3.63) is 47.5 Å². The smallest absolute Gasteiger partial charge is 0.259 e. The summed E-state index contributed by atoms with van der Waals surface area (Å²) in [6, 6.07) is 7.98. The molecule has 0 saturated carbocycles. The first-order valence-corrected chi connectivity index (χ1v) is 5.86. The summed E-state index contributed by atoms with van der Waals surface area (Å²) in [6.45, 7) is 1.84. The Kier molecular flexibility index (Phi) is 2.80. The van der Waals surface area contributed by atoms with E-state index in [1.807, 2.05) is 13.0 Å². The topological polar surface area (TPSA) is 78.5 Å². The zero-order chi connectivity index (χ0) is 14.1. The molecule has 0 spiro atoms. The van der Waals surface area contributed by atoms with E-state index in [0.717, 1.165) is 5.56 Å². The van der Waals surface area contributed by atoms with Gasteiger partial charge in [-0.05, 0) is 30.7 Å². The quantitative estimate of drug-likeness (QED) is 0.774. The zero-order valence-electron chi connectivity index (χ0n) is 10.5. The number of aryl methyl sites for hydroxylation is 1. The minimum Gasteiger partial charge on any atom is -0.352 e. The van der Waals surface area contributed by atoms with Crippen molar-refractivity contribution in [2.75, 3.05) is 0 Å². The number of nitrogens with one attached hydrogen (secondary N) is 1. The third kappa shape index (κ3) is 2.06. The van der Waals surface area contributed by atoms with Gasteiger partial charge >= 0.3 is 0 Å². The first kappa shape index (κ1) is 12.1. The highest BCUT2D eigenvalue weighted by Crippen LogP contribution is 2.25. The summed E-state index contributed by atoms with van der Waals surface area (Å²) in [5.41, 5.74) is 2.46. The summed E-state index contributed by atoms with van der Waals surface area (Å²) in [6.07, 6.45) is 1.61. The summed E-state index contributed by atoms with van der Waals surface area (Å²) in [7, 11) is 0. The van der Waals surface area contributed by atoms with E-state index in [1.165, 1.54) is 12.1 Å². The number of hydrogen-bond acceptors (Lipinski definition) is 4. The first-order chi connectivity index (χ1) is 9.67. The summed E-state index contributed by atoms with van der Waals surface area (Å²) in [4.78, 5) is 7.00.